The molecule has 0 bridgehead atoms. The molecule has 0 saturated carbocycles. The Morgan fingerprint density at radius 2 is 1.04 bits per heavy atom. The maximum Gasteiger partial charge on any atom is 0.303 e. The van der Waals surface area contributed by atoms with Gasteiger partial charge in [-0.2, -0.15) is 0 Å². The van der Waals surface area contributed by atoms with E-state index in [1.54, 1.807) is 0 Å². The van der Waals surface area contributed by atoms with E-state index < -0.39 is 17.3 Å². The summed E-state index contributed by atoms with van der Waals surface area (Å²) in [5.41, 5.74) is 0. The number of unbranched alkanes of at least 4 members (excludes halogenated alkanes) is 14. The Labute approximate surface area is 150 Å². The van der Waals surface area contributed by atoms with Crippen LogP contribution < -0.4 is 0 Å². The predicted octanol–water partition coefficient (Wildman–Crippen LogP) is 5.12. The van der Waals surface area contributed by atoms with Crippen LogP contribution in [0.4, 0.5) is 0 Å². The Hall–Kier alpha value is -0.460. The van der Waals surface area contributed by atoms with Gasteiger partial charge < -0.3 is 13.8 Å². The smallest absolute Gasteiger partial charge is 0.303 e. The minimum absolute atomic E-state index is 0.314. The highest BCUT2D eigenvalue weighted by Gasteiger charge is 1.97. The van der Waals surface area contributed by atoms with Gasteiger partial charge in [0.1, 0.15) is 0 Å². The maximum absolute atomic E-state index is 10.4. The lowest BCUT2D eigenvalue weighted by molar-refractivity contribution is -0.137. The van der Waals surface area contributed by atoms with E-state index in [2.05, 4.69) is 4.18 Å². The minimum atomic E-state index is -2.36. The lowest BCUT2D eigenvalue weighted by atomic mass is 10.0. The fourth-order valence-electron chi connectivity index (χ4n) is 2.80. The van der Waals surface area contributed by atoms with Gasteiger partial charge in [0.25, 0.3) is 0 Å². The lowest BCUT2D eigenvalue weighted by Gasteiger charge is -2.05. The molecule has 5 nitrogen and oxygen atoms in total. The molecule has 0 amide bonds. The van der Waals surface area contributed by atoms with Crippen LogP contribution in [0, 0.1) is 0 Å². The SMILES string of the molecule is O=C(O)CCCCCCCCCCCCCCCCCOS(=O)[O-]. The number of carboxylic acids is 1. The Kier molecular flexibility index (Phi) is 18.5. The predicted molar refractivity (Wildman–Crippen MR) is 96.4 cm³/mol. The van der Waals surface area contributed by atoms with Crippen LogP contribution in [0.25, 0.3) is 0 Å². The molecule has 0 fully saturated rings. The van der Waals surface area contributed by atoms with Gasteiger partial charge in [-0.15, -0.1) is 0 Å². The second-order valence-electron chi connectivity index (χ2n) is 6.47. The lowest BCUT2D eigenvalue weighted by Crippen LogP contribution is -1.97. The molecule has 1 atom stereocenters. The monoisotopic (exact) mass is 363 g/mol. The molecule has 0 aliphatic carbocycles. The molecule has 0 spiro atoms. The summed E-state index contributed by atoms with van der Waals surface area (Å²) in [4.78, 5) is 10.4. The molecule has 0 radical (unpaired) electrons. The molecule has 0 saturated heterocycles. The van der Waals surface area contributed by atoms with E-state index in [4.69, 9.17) is 5.11 Å². The molecule has 144 valence electrons. The zero-order valence-electron chi connectivity index (χ0n) is 15.0. The number of carboxylic acid groups (broad SMARTS) is 1. The third-order valence-corrected chi connectivity index (χ3v) is 4.57. The van der Waals surface area contributed by atoms with Crippen molar-refractivity contribution in [3.8, 4) is 0 Å². The summed E-state index contributed by atoms with van der Waals surface area (Å²) >= 11 is -2.36. The van der Waals surface area contributed by atoms with Crippen molar-refractivity contribution in [2.45, 2.75) is 103 Å². The molecular formula is C18H35O5S-. The van der Waals surface area contributed by atoms with Crippen LogP contribution in [0.5, 0.6) is 0 Å². The third kappa shape index (κ3) is 21.5. The first-order chi connectivity index (χ1) is 11.6. The van der Waals surface area contributed by atoms with Crippen molar-refractivity contribution < 1.29 is 22.8 Å². The summed E-state index contributed by atoms with van der Waals surface area (Å²) in [5, 5.41) is 8.53. The van der Waals surface area contributed by atoms with Crippen LogP contribution in [0.3, 0.4) is 0 Å². The number of carbonyl (C=O) groups is 1. The number of hydrogen-bond donors (Lipinski definition) is 1. The van der Waals surface area contributed by atoms with E-state index in [1.807, 2.05) is 0 Å². The molecule has 0 aromatic carbocycles. The normalized spacial score (nSPS) is 12.4. The van der Waals surface area contributed by atoms with Crippen LogP contribution in [0.1, 0.15) is 103 Å². The summed E-state index contributed by atoms with van der Waals surface area (Å²) in [6.07, 6.45) is 18.0. The van der Waals surface area contributed by atoms with Gasteiger partial charge in [-0.3, -0.25) is 4.79 Å². The molecule has 1 N–H and O–H groups in total. The second-order valence-corrected chi connectivity index (χ2v) is 7.12. The zero-order valence-corrected chi connectivity index (χ0v) is 15.8. The molecule has 6 heteroatoms. The van der Waals surface area contributed by atoms with Crippen molar-refractivity contribution in [3.05, 3.63) is 0 Å². The fourth-order valence-corrected chi connectivity index (χ4v) is 3.06. The van der Waals surface area contributed by atoms with Crippen molar-refractivity contribution in [2.24, 2.45) is 0 Å². The first-order valence-electron chi connectivity index (χ1n) is 9.57. The fraction of sp³-hybridized carbons (Fsp3) is 0.944. The van der Waals surface area contributed by atoms with Gasteiger partial charge in [-0.05, 0) is 12.8 Å². The highest BCUT2D eigenvalue weighted by atomic mass is 32.2. The quantitative estimate of drug-likeness (QED) is 0.254. The van der Waals surface area contributed by atoms with E-state index in [1.165, 1.54) is 64.2 Å². The number of aliphatic carboxylic acids is 1. The van der Waals surface area contributed by atoms with Crippen LogP contribution in [-0.2, 0) is 20.3 Å². The summed E-state index contributed by atoms with van der Waals surface area (Å²) in [5.74, 6) is -0.680. The molecule has 0 aliphatic heterocycles. The molecule has 1 unspecified atom stereocenters. The van der Waals surface area contributed by atoms with Gasteiger partial charge >= 0.3 is 5.97 Å². The summed E-state index contributed by atoms with van der Waals surface area (Å²) < 4.78 is 24.7. The Morgan fingerprint density at radius 1 is 0.708 bits per heavy atom. The Balaban J connectivity index is 3.00. The molecule has 24 heavy (non-hydrogen) atoms. The van der Waals surface area contributed by atoms with Gasteiger partial charge in [-0.1, -0.05) is 83.5 Å². The van der Waals surface area contributed by atoms with Gasteiger partial charge in [0, 0.05) is 6.42 Å². The van der Waals surface area contributed by atoms with Gasteiger partial charge in [0.15, 0.2) is 0 Å². The third-order valence-electron chi connectivity index (χ3n) is 4.21. The largest absolute Gasteiger partial charge is 0.750 e. The van der Waals surface area contributed by atoms with Crippen molar-refractivity contribution in [2.75, 3.05) is 6.61 Å². The average Bonchev–Trinajstić information content (AvgIpc) is 2.53. The maximum atomic E-state index is 10.4. The van der Waals surface area contributed by atoms with Gasteiger partial charge in [-0.25, -0.2) is 4.21 Å². The van der Waals surface area contributed by atoms with Gasteiger partial charge in [0.05, 0.1) is 18.0 Å². The van der Waals surface area contributed by atoms with E-state index in [9.17, 15) is 13.6 Å². The van der Waals surface area contributed by atoms with Crippen LogP contribution in [0.15, 0.2) is 0 Å². The molecule has 0 heterocycles. The van der Waals surface area contributed by atoms with Crippen molar-refractivity contribution in [3.63, 3.8) is 0 Å². The highest BCUT2D eigenvalue weighted by molar-refractivity contribution is 7.74. The van der Waals surface area contributed by atoms with E-state index in [-0.39, 0.29) is 0 Å². The van der Waals surface area contributed by atoms with Crippen molar-refractivity contribution >= 4 is 17.3 Å². The first-order valence-corrected chi connectivity index (χ1v) is 10.6. The summed E-state index contributed by atoms with van der Waals surface area (Å²) in [7, 11) is 0. The average molecular weight is 364 g/mol. The van der Waals surface area contributed by atoms with E-state index in [0.29, 0.717) is 13.0 Å². The Morgan fingerprint density at radius 3 is 1.38 bits per heavy atom. The van der Waals surface area contributed by atoms with Crippen LogP contribution in [0.2, 0.25) is 0 Å². The zero-order chi connectivity index (χ0) is 17.9. The van der Waals surface area contributed by atoms with Crippen molar-refractivity contribution in [1.29, 1.82) is 0 Å². The number of hydrogen-bond acceptors (Lipinski definition) is 4. The molecule has 0 aromatic heterocycles. The standard InChI is InChI=1S/C18H36O5S/c19-18(20)16-14-12-10-8-6-4-2-1-3-5-7-9-11-13-15-17-23-24(21)22/h1-17H2,(H,19,20)(H,21,22)/p-1. The molecule has 0 rings (SSSR count). The second kappa shape index (κ2) is 18.9. The van der Waals surface area contributed by atoms with Crippen LogP contribution >= 0.6 is 0 Å². The topological polar surface area (TPSA) is 86.7 Å². The molecular weight excluding hydrogens is 328 g/mol. The molecule has 0 aromatic rings. The summed E-state index contributed by atoms with van der Waals surface area (Å²) in [6.45, 7) is 0.315. The summed E-state index contributed by atoms with van der Waals surface area (Å²) in [6, 6.07) is 0. The minimum Gasteiger partial charge on any atom is -0.750 e. The van der Waals surface area contributed by atoms with Gasteiger partial charge in [0.2, 0.25) is 0 Å². The highest BCUT2D eigenvalue weighted by Crippen LogP contribution is 2.13. The Bertz CT molecular complexity index is 280. The first kappa shape index (κ1) is 23.5. The van der Waals surface area contributed by atoms with Crippen molar-refractivity contribution in [1.82, 2.24) is 0 Å². The molecule has 0 aliphatic rings. The van der Waals surface area contributed by atoms with E-state index >= 15 is 0 Å². The van der Waals surface area contributed by atoms with Crippen LogP contribution in [-0.4, -0.2) is 26.4 Å². The number of rotatable bonds is 19. The van der Waals surface area contributed by atoms with E-state index in [0.717, 1.165) is 32.1 Å².